The van der Waals surface area contributed by atoms with Gasteiger partial charge >= 0.3 is 5.97 Å². The van der Waals surface area contributed by atoms with E-state index in [1.807, 2.05) is 6.92 Å². The quantitative estimate of drug-likeness (QED) is 0.620. The molecule has 0 heterocycles. The van der Waals surface area contributed by atoms with Gasteiger partial charge in [-0.25, -0.2) is 0 Å². The SMILES string of the molecule is CCOC(=O)C(N)CC(C)COC. The molecule has 0 aliphatic heterocycles. The molecule has 0 aromatic rings. The summed E-state index contributed by atoms with van der Waals surface area (Å²) in [6.07, 6.45) is 0.604. The third kappa shape index (κ3) is 5.60. The Kier molecular flexibility index (Phi) is 6.54. The maximum absolute atomic E-state index is 11.1. The van der Waals surface area contributed by atoms with Crippen molar-refractivity contribution in [3.63, 3.8) is 0 Å². The summed E-state index contributed by atoms with van der Waals surface area (Å²) in [5, 5.41) is 0. The first kappa shape index (κ1) is 12.4. The van der Waals surface area contributed by atoms with Gasteiger partial charge in [-0.1, -0.05) is 6.92 Å². The van der Waals surface area contributed by atoms with E-state index < -0.39 is 6.04 Å². The standard InChI is InChI=1S/C9H19NO3/c1-4-13-9(11)8(10)5-7(2)6-12-3/h7-8H,4-6,10H2,1-3H3. The Bertz CT molecular complexity index is 150. The molecule has 0 bridgehead atoms. The number of carbonyl (C=O) groups is 1. The van der Waals surface area contributed by atoms with Crippen LogP contribution in [0.25, 0.3) is 0 Å². The van der Waals surface area contributed by atoms with E-state index >= 15 is 0 Å². The van der Waals surface area contributed by atoms with Crippen LogP contribution in [0.1, 0.15) is 20.3 Å². The molecule has 0 saturated heterocycles. The van der Waals surface area contributed by atoms with E-state index in [1.165, 1.54) is 0 Å². The van der Waals surface area contributed by atoms with Crippen molar-refractivity contribution in [1.82, 2.24) is 0 Å². The van der Waals surface area contributed by atoms with Crippen LogP contribution in [-0.4, -0.2) is 32.3 Å². The van der Waals surface area contributed by atoms with Crippen LogP contribution in [0.4, 0.5) is 0 Å². The molecule has 0 saturated carbocycles. The topological polar surface area (TPSA) is 61.5 Å². The van der Waals surface area contributed by atoms with E-state index in [-0.39, 0.29) is 11.9 Å². The van der Waals surface area contributed by atoms with Crippen molar-refractivity contribution in [3.8, 4) is 0 Å². The van der Waals surface area contributed by atoms with Crippen LogP contribution in [0.5, 0.6) is 0 Å². The number of esters is 1. The summed E-state index contributed by atoms with van der Waals surface area (Å²) in [4.78, 5) is 11.1. The number of hydrogen-bond acceptors (Lipinski definition) is 4. The average molecular weight is 189 g/mol. The van der Waals surface area contributed by atoms with Gasteiger partial charge in [-0.05, 0) is 19.3 Å². The van der Waals surface area contributed by atoms with Crippen LogP contribution >= 0.6 is 0 Å². The van der Waals surface area contributed by atoms with Gasteiger partial charge in [0.25, 0.3) is 0 Å². The van der Waals surface area contributed by atoms with E-state index in [4.69, 9.17) is 15.2 Å². The Morgan fingerprint density at radius 3 is 2.62 bits per heavy atom. The third-order valence-electron chi connectivity index (χ3n) is 1.70. The van der Waals surface area contributed by atoms with Crippen LogP contribution in [-0.2, 0) is 14.3 Å². The van der Waals surface area contributed by atoms with Crippen molar-refractivity contribution in [2.24, 2.45) is 11.7 Å². The molecule has 4 heteroatoms. The molecule has 0 fully saturated rings. The molecule has 4 nitrogen and oxygen atoms in total. The largest absolute Gasteiger partial charge is 0.465 e. The number of nitrogens with two attached hydrogens (primary N) is 1. The summed E-state index contributed by atoms with van der Waals surface area (Å²) in [5.41, 5.74) is 5.60. The lowest BCUT2D eigenvalue weighted by Crippen LogP contribution is -2.34. The van der Waals surface area contributed by atoms with Gasteiger partial charge in [0.2, 0.25) is 0 Å². The second kappa shape index (κ2) is 6.86. The zero-order valence-electron chi connectivity index (χ0n) is 8.58. The first-order valence-electron chi connectivity index (χ1n) is 4.53. The Morgan fingerprint density at radius 2 is 2.15 bits per heavy atom. The predicted molar refractivity (Wildman–Crippen MR) is 50.3 cm³/mol. The Balaban J connectivity index is 3.71. The molecule has 0 amide bonds. The van der Waals surface area contributed by atoms with Gasteiger partial charge in [-0.15, -0.1) is 0 Å². The van der Waals surface area contributed by atoms with Crippen molar-refractivity contribution < 1.29 is 14.3 Å². The van der Waals surface area contributed by atoms with Crippen LogP contribution in [0, 0.1) is 5.92 Å². The number of rotatable bonds is 6. The lowest BCUT2D eigenvalue weighted by molar-refractivity contribution is -0.145. The molecule has 78 valence electrons. The fraction of sp³-hybridized carbons (Fsp3) is 0.889. The summed E-state index contributed by atoms with van der Waals surface area (Å²) in [5.74, 6) is -0.0464. The normalized spacial score (nSPS) is 15.1. The Hall–Kier alpha value is -0.610. The summed E-state index contributed by atoms with van der Waals surface area (Å²) in [7, 11) is 1.63. The predicted octanol–water partition coefficient (Wildman–Crippen LogP) is 0.549. The van der Waals surface area contributed by atoms with Crippen molar-refractivity contribution in [1.29, 1.82) is 0 Å². The van der Waals surface area contributed by atoms with E-state index in [1.54, 1.807) is 14.0 Å². The van der Waals surface area contributed by atoms with Gasteiger partial charge < -0.3 is 15.2 Å². The molecule has 13 heavy (non-hydrogen) atoms. The van der Waals surface area contributed by atoms with Gasteiger partial charge in [0.15, 0.2) is 0 Å². The number of carbonyl (C=O) groups excluding carboxylic acids is 1. The van der Waals surface area contributed by atoms with E-state index in [2.05, 4.69) is 0 Å². The minimum absolute atomic E-state index is 0.282. The summed E-state index contributed by atoms with van der Waals surface area (Å²) < 4.78 is 9.71. The molecule has 0 aromatic carbocycles. The maximum Gasteiger partial charge on any atom is 0.322 e. The molecule has 2 atom stereocenters. The fourth-order valence-electron chi connectivity index (χ4n) is 1.13. The average Bonchev–Trinajstić information content (AvgIpc) is 2.05. The van der Waals surface area contributed by atoms with Crippen LogP contribution in [0.15, 0.2) is 0 Å². The highest BCUT2D eigenvalue weighted by molar-refractivity contribution is 5.75. The van der Waals surface area contributed by atoms with Gasteiger partial charge in [-0.3, -0.25) is 4.79 Å². The van der Waals surface area contributed by atoms with E-state index in [9.17, 15) is 4.79 Å². The molecular formula is C9H19NO3. The van der Waals surface area contributed by atoms with Crippen molar-refractivity contribution in [2.45, 2.75) is 26.3 Å². The molecule has 2 unspecified atom stereocenters. The molecular weight excluding hydrogens is 170 g/mol. The van der Waals surface area contributed by atoms with Crippen LogP contribution < -0.4 is 5.73 Å². The Morgan fingerprint density at radius 1 is 1.54 bits per heavy atom. The maximum atomic E-state index is 11.1. The number of methoxy groups -OCH3 is 1. The fourth-order valence-corrected chi connectivity index (χ4v) is 1.13. The summed E-state index contributed by atoms with van der Waals surface area (Å²) in [6, 6.07) is -0.523. The Labute approximate surface area is 79.4 Å². The van der Waals surface area contributed by atoms with Gasteiger partial charge in [-0.2, -0.15) is 0 Å². The zero-order valence-corrected chi connectivity index (χ0v) is 8.58. The van der Waals surface area contributed by atoms with Gasteiger partial charge in [0, 0.05) is 13.7 Å². The molecule has 0 aliphatic rings. The highest BCUT2D eigenvalue weighted by Gasteiger charge is 2.17. The highest BCUT2D eigenvalue weighted by Crippen LogP contribution is 2.05. The van der Waals surface area contributed by atoms with Crippen LogP contribution in [0.2, 0.25) is 0 Å². The smallest absolute Gasteiger partial charge is 0.322 e. The summed E-state index contributed by atoms with van der Waals surface area (Å²) in [6.45, 7) is 4.75. The second-order valence-electron chi connectivity index (χ2n) is 3.15. The highest BCUT2D eigenvalue weighted by atomic mass is 16.5. The lowest BCUT2D eigenvalue weighted by atomic mass is 10.0. The van der Waals surface area contributed by atoms with Gasteiger partial charge in [0.1, 0.15) is 6.04 Å². The van der Waals surface area contributed by atoms with Gasteiger partial charge in [0.05, 0.1) is 6.61 Å². The number of hydrogen-bond donors (Lipinski definition) is 1. The second-order valence-corrected chi connectivity index (χ2v) is 3.15. The monoisotopic (exact) mass is 189 g/mol. The van der Waals surface area contributed by atoms with Crippen LogP contribution in [0.3, 0.4) is 0 Å². The molecule has 0 aliphatic carbocycles. The van der Waals surface area contributed by atoms with E-state index in [0.29, 0.717) is 19.6 Å². The van der Waals surface area contributed by atoms with E-state index in [0.717, 1.165) is 0 Å². The first-order chi connectivity index (χ1) is 6.11. The minimum atomic E-state index is -0.523. The minimum Gasteiger partial charge on any atom is -0.465 e. The zero-order chi connectivity index (χ0) is 10.3. The molecule has 2 N–H and O–H groups in total. The third-order valence-corrected chi connectivity index (χ3v) is 1.70. The molecule has 0 aromatic heterocycles. The lowest BCUT2D eigenvalue weighted by Gasteiger charge is -2.14. The molecule has 0 radical (unpaired) electrons. The van der Waals surface area contributed by atoms with Crippen molar-refractivity contribution in [2.75, 3.05) is 20.3 Å². The first-order valence-corrected chi connectivity index (χ1v) is 4.53. The number of ether oxygens (including phenoxy) is 2. The molecule has 0 rings (SSSR count). The van der Waals surface area contributed by atoms with Crippen molar-refractivity contribution >= 4 is 5.97 Å². The van der Waals surface area contributed by atoms with Crippen molar-refractivity contribution in [3.05, 3.63) is 0 Å². The summed E-state index contributed by atoms with van der Waals surface area (Å²) >= 11 is 0. The molecule has 0 spiro atoms.